The van der Waals surface area contributed by atoms with Crippen molar-refractivity contribution in [1.82, 2.24) is 0 Å². The fourth-order valence-corrected chi connectivity index (χ4v) is 1.38. The Morgan fingerprint density at radius 2 is 1.80 bits per heavy atom. The average Bonchev–Trinajstić information content (AvgIpc) is 2.28. The number of hydrogen-bond acceptors (Lipinski definition) is 4. The molecule has 0 heterocycles. The molecule has 15 heavy (non-hydrogen) atoms. The SMILES string of the molecule is CCNc1cc(OC)cc(OC)c1OC. The van der Waals surface area contributed by atoms with Gasteiger partial charge in [-0.2, -0.15) is 0 Å². The highest BCUT2D eigenvalue weighted by Gasteiger charge is 2.11. The second-order valence-corrected chi connectivity index (χ2v) is 2.94. The molecule has 0 aliphatic rings. The highest BCUT2D eigenvalue weighted by Crippen LogP contribution is 2.38. The lowest BCUT2D eigenvalue weighted by Gasteiger charge is -2.15. The summed E-state index contributed by atoms with van der Waals surface area (Å²) in [4.78, 5) is 0. The zero-order valence-electron chi connectivity index (χ0n) is 9.59. The van der Waals surface area contributed by atoms with Crippen molar-refractivity contribution in [3.8, 4) is 17.2 Å². The fourth-order valence-electron chi connectivity index (χ4n) is 1.38. The summed E-state index contributed by atoms with van der Waals surface area (Å²) in [6.45, 7) is 2.83. The van der Waals surface area contributed by atoms with Crippen LogP contribution in [0.15, 0.2) is 12.1 Å². The van der Waals surface area contributed by atoms with E-state index in [1.165, 1.54) is 0 Å². The molecule has 0 aliphatic carbocycles. The van der Waals surface area contributed by atoms with Gasteiger partial charge in [-0.3, -0.25) is 0 Å². The predicted molar refractivity (Wildman–Crippen MR) is 60.3 cm³/mol. The molecule has 4 heteroatoms. The van der Waals surface area contributed by atoms with Crippen LogP contribution in [0.2, 0.25) is 0 Å². The van der Waals surface area contributed by atoms with Crippen molar-refractivity contribution in [3.63, 3.8) is 0 Å². The van der Waals surface area contributed by atoms with Crippen molar-refractivity contribution in [3.05, 3.63) is 12.1 Å². The van der Waals surface area contributed by atoms with Gasteiger partial charge in [-0.05, 0) is 6.92 Å². The molecule has 0 spiro atoms. The van der Waals surface area contributed by atoms with Gasteiger partial charge < -0.3 is 19.5 Å². The van der Waals surface area contributed by atoms with Gasteiger partial charge in [-0.1, -0.05) is 0 Å². The molecule has 1 rings (SSSR count). The standard InChI is InChI=1S/C11H17NO3/c1-5-12-9-6-8(13-2)7-10(14-3)11(9)15-4/h6-7,12H,5H2,1-4H3. The molecule has 0 radical (unpaired) electrons. The number of hydrogen-bond donors (Lipinski definition) is 1. The summed E-state index contributed by atoms with van der Waals surface area (Å²) in [5, 5.41) is 3.19. The molecule has 0 saturated carbocycles. The lowest BCUT2D eigenvalue weighted by Crippen LogP contribution is -2.01. The van der Waals surface area contributed by atoms with Crippen molar-refractivity contribution >= 4 is 5.69 Å². The van der Waals surface area contributed by atoms with Gasteiger partial charge in [-0.25, -0.2) is 0 Å². The summed E-state index contributed by atoms with van der Waals surface area (Å²) >= 11 is 0. The third-order valence-corrected chi connectivity index (χ3v) is 2.06. The van der Waals surface area contributed by atoms with Crippen LogP contribution in [0.25, 0.3) is 0 Å². The molecule has 4 nitrogen and oxygen atoms in total. The summed E-state index contributed by atoms with van der Waals surface area (Å²) in [5.74, 6) is 2.09. The fraction of sp³-hybridized carbons (Fsp3) is 0.455. The summed E-state index contributed by atoms with van der Waals surface area (Å²) in [6.07, 6.45) is 0. The van der Waals surface area contributed by atoms with Crippen molar-refractivity contribution in [2.75, 3.05) is 33.2 Å². The van der Waals surface area contributed by atoms with Gasteiger partial charge in [0.1, 0.15) is 5.75 Å². The van der Waals surface area contributed by atoms with Gasteiger partial charge >= 0.3 is 0 Å². The van der Waals surface area contributed by atoms with Crippen molar-refractivity contribution in [1.29, 1.82) is 0 Å². The number of rotatable bonds is 5. The first-order valence-corrected chi connectivity index (χ1v) is 4.80. The van der Waals surface area contributed by atoms with E-state index in [0.29, 0.717) is 11.5 Å². The highest BCUT2D eigenvalue weighted by molar-refractivity contribution is 5.66. The van der Waals surface area contributed by atoms with Crippen LogP contribution < -0.4 is 19.5 Å². The molecule has 0 aromatic heterocycles. The summed E-state index contributed by atoms with van der Waals surface area (Å²) in [7, 11) is 4.84. The van der Waals surface area contributed by atoms with E-state index in [2.05, 4.69) is 5.32 Å². The second kappa shape index (κ2) is 5.34. The van der Waals surface area contributed by atoms with E-state index in [-0.39, 0.29) is 0 Å². The number of benzene rings is 1. The van der Waals surface area contributed by atoms with E-state index in [9.17, 15) is 0 Å². The Bertz CT molecular complexity index is 326. The smallest absolute Gasteiger partial charge is 0.184 e. The van der Waals surface area contributed by atoms with Gasteiger partial charge in [0, 0.05) is 18.7 Å². The van der Waals surface area contributed by atoms with Crippen molar-refractivity contribution in [2.24, 2.45) is 0 Å². The first-order valence-electron chi connectivity index (χ1n) is 4.80. The first kappa shape index (κ1) is 11.5. The Kier molecular flexibility index (Phi) is 4.09. The minimum Gasteiger partial charge on any atom is -0.497 e. The number of anilines is 1. The first-order chi connectivity index (χ1) is 7.26. The molecule has 0 aliphatic heterocycles. The summed E-state index contributed by atoms with van der Waals surface area (Å²) in [5.41, 5.74) is 0.871. The minimum atomic E-state index is 0.660. The molecule has 0 bridgehead atoms. The normalized spacial score (nSPS) is 9.60. The Morgan fingerprint density at radius 1 is 1.07 bits per heavy atom. The Balaban J connectivity index is 3.19. The molecule has 0 atom stereocenters. The summed E-state index contributed by atoms with van der Waals surface area (Å²) in [6, 6.07) is 3.67. The van der Waals surface area contributed by atoms with Gasteiger partial charge in [0.25, 0.3) is 0 Å². The van der Waals surface area contributed by atoms with Crippen LogP contribution in [0.1, 0.15) is 6.92 Å². The van der Waals surface area contributed by atoms with Crippen LogP contribution in [-0.4, -0.2) is 27.9 Å². The van der Waals surface area contributed by atoms with Crippen LogP contribution in [0.5, 0.6) is 17.2 Å². The van der Waals surface area contributed by atoms with Gasteiger partial charge in [0.15, 0.2) is 11.5 Å². The molecule has 0 unspecified atom stereocenters. The van der Waals surface area contributed by atoms with Crippen molar-refractivity contribution in [2.45, 2.75) is 6.92 Å². The van der Waals surface area contributed by atoms with E-state index < -0.39 is 0 Å². The zero-order valence-corrected chi connectivity index (χ0v) is 9.59. The van der Waals surface area contributed by atoms with Crippen LogP contribution in [0, 0.1) is 0 Å². The predicted octanol–water partition coefficient (Wildman–Crippen LogP) is 2.14. The zero-order chi connectivity index (χ0) is 11.3. The lowest BCUT2D eigenvalue weighted by molar-refractivity contribution is 0.350. The largest absolute Gasteiger partial charge is 0.497 e. The number of ether oxygens (including phenoxy) is 3. The quantitative estimate of drug-likeness (QED) is 0.810. The third kappa shape index (κ3) is 2.46. The second-order valence-electron chi connectivity index (χ2n) is 2.94. The molecule has 84 valence electrons. The van der Waals surface area contributed by atoms with E-state index in [1.807, 2.05) is 13.0 Å². The van der Waals surface area contributed by atoms with E-state index in [4.69, 9.17) is 14.2 Å². The molecule has 0 amide bonds. The molecule has 0 saturated heterocycles. The van der Waals surface area contributed by atoms with Gasteiger partial charge in [-0.15, -0.1) is 0 Å². The van der Waals surface area contributed by atoms with Crippen LogP contribution >= 0.6 is 0 Å². The molecular formula is C11H17NO3. The molecule has 1 aromatic carbocycles. The highest BCUT2D eigenvalue weighted by atomic mass is 16.5. The van der Waals surface area contributed by atoms with E-state index in [1.54, 1.807) is 27.4 Å². The van der Waals surface area contributed by atoms with E-state index >= 15 is 0 Å². The molecule has 0 fully saturated rings. The van der Waals surface area contributed by atoms with E-state index in [0.717, 1.165) is 18.0 Å². The van der Waals surface area contributed by atoms with Crippen LogP contribution in [-0.2, 0) is 0 Å². The number of methoxy groups -OCH3 is 3. The Labute approximate surface area is 90.1 Å². The monoisotopic (exact) mass is 211 g/mol. The number of nitrogens with one attached hydrogen (secondary N) is 1. The van der Waals surface area contributed by atoms with Gasteiger partial charge in [0.05, 0.1) is 27.0 Å². The van der Waals surface area contributed by atoms with Crippen molar-refractivity contribution < 1.29 is 14.2 Å². The van der Waals surface area contributed by atoms with Crippen LogP contribution in [0.3, 0.4) is 0 Å². The maximum absolute atomic E-state index is 5.28. The maximum Gasteiger partial charge on any atom is 0.184 e. The molecule has 1 N–H and O–H groups in total. The Morgan fingerprint density at radius 3 is 2.27 bits per heavy atom. The minimum absolute atomic E-state index is 0.660. The topological polar surface area (TPSA) is 39.7 Å². The Hall–Kier alpha value is -1.58. The lowest BCUT2D eigenvalue weighted by atomic mass is 10.2. The van der Waals surface area contributed by atoms with Gasteiger partial charge in [0.2, 0.25) is 0 Å². The molecule has 1 aromatic rings. The molecular weight excluding hydrogens is 194 g/mol. The average molecular weight is 211 g/mol. The van der Waals surface area contributed by atoms with Crippen LogP contribution in [0.4, 0.5) is 5.69 Å². The summed E-state index contributed by atoms with van der Waals surface area (Å²) < 4.78 is 15.7. The maximum atomic E-state index is 5.28. The third-order valence-electron chi connectivity index (χ3n) is 2.06.